The zero-order valence-electron chi connectivity index (χ0n) is 16.9. The third-order valence-corrected chi connectivity index (χ3v) is 5.06. The van der Waals surface area contributed by atoms with E-state index in [9.17, 15) is 4.79 Å². The standard InChI is InChI=1S/C23H29NO4/c1-17-7-4-8-18(2)23(17)28-16-22(25)24(15-21-11-6-12-27-21)14-19-9-5-10-20(13-19)26-3/h4-5,7-10,13,21H,6,11-12,14-16H2,1-3H3. The summed E-state index contributed by atoms with van der Waals surface area (Å²) in [5.74, 6) is 1.53. The van der Waals surface area contributed by atoms with Gasteiger partial charge in [0.25, 0.3) is 5.91 Å². The van der Waals surface area contributed by atoms with Gasteiger partial charge in [-0.3, -0.25) is 4.79 Å². The van der Waals surface area contributed by atoms with E-state index in [0.29, 0.717) is 13.1 Å². The van der Waals surface area contributed by atoms with E-state index in [4.69, 9.17) is 14.2 Å². The van der Waals surface area contributed by atoms with Crippen LogP contribution in [0.5, 0.6) is 11.5 Å². The fourth-order valence-corrected chi connectivity index (χ4v) is 3.53. The van der Waals surface area contributed by atoms with Crippen LogP contribution >= 0.6 is 0 Å². The van der Waals surface area contributed by atoms with Gasteiger partial charge >= 0.3 is 0 Å². The van der Waals surface area contributed by atoms with Gasteiger partial charge in [0, 0.05) is 19.7 Å². The van der Waals surface area contributed by atoms with Crippen LogP contribution in [0, 0.1) is 13.8 Å². The van der Waals surface area contributed by atoms with Crippen LogP contribution in [0.4, 0.5) is 0 Å². The van der Waals surface area contributed by atoms with Crippen LogP contribution in [0.25, 0.3) is 0 Å². The zero-order chi connectivity index (χ0) is 19.9. The van der Waals surface area contributed by atoms with E-state index in [0.717, 1.165) is 47.6 Å². The molecule has 150 valence electrons. The molecule has 1 heterocycles. The van der Waals surface area contributed by atoms with Crippen molar-refractivity contribution in [2.24, 2.45) is 0 Å². The molecule has 0 spiro atoms. The largest absolute Gasteiger partial charge is 0.497 e. The van der Waals surface area contributed by atoms with Crippen molar-refractivity contribution < 1.29 is 19.0 Å². The first-order valence-corrected chi connectivity index (χ1v) is 9.78. The minimum Gasteiger partial charge on any atom is -0.497 e. The molecule has 2 aromatic rings. The van der Waals surface area contributed by atoms with Crippen LogP contribution in [-0.4, -0.2) is 43.8 Å². The van der Waals surface area contributed by atoms with E-state index >= 15 is 0 Å². The van der Waals surface area contributed by atoms with E-state index in [1.165, 1.54) is 0 Å². The van der Waals surface area contributed by atoms with Crippen molar-refractivity contribution in [1.82, 2.24) is 4.90 Å². The highest BCUT2D eigenvalue weighted by Crippen LogP contribution is 2.23. The quantitative estimate of drug-likeness (QED) is 0.694. The Labute approximate surface area is 167 Å². The molecule has 1 atom stereocenters. The Bertz CT molecular complexity index is 779. The third-order valence-electron chi connectivity index (χ3n) is 5.06. The number of carbonyl (C=O) groups excluding carboxylic acids is 1. The Morgan fingerprint density at radius 3 is 2.61 bits per heavy atom. The molecule has 1 amide bonds. The lowest BCUT2D eigenvalue weighted by Gasteiger charge is -2.26. The topological polar surface area (TPSA) is 48.0 Å². The molecule has 0 radical (unpaired) electrons. The molecule has 0 N–H and O–H groups in total. The number of hydrogen-bond acceptors (Lipinski definition) is 4. The molecule has 28 heavy (non-hydrogen) atoms. The second-order valence-electron chi connectivity index (χ2n) is 7.27. The Morgan fingerprint density at radius 1 is 1.18 bits per heavy atom. The maximum atomic E-state index is 13.0. The minimum absolute atomic E-state index is 0.0163. The van der Waals surface area contributed by atoms with Crippen LogP contribution < -0.4 is 9.47 Å². The van der Waals surface area contributed by atoms with Gasteiger partial charge in [-0.2, -0.15) is 0 Å². The SMILES string of the molecule is COc1cccc(CN(CC2CCCO2)C(=O)COc2c(C)cccc2C)c1. The molecule has 0 aromatic heterocycles. The molecule has 1 saturated heterocycles. The monoisotopic (exact) mass is 383 g/mol. The molecule has 0 bridgehead atoms. The number of rotatable bonds is 8. The first-order chi connectivity index (χ1) is 13.6. The zero-order valence-corrected chi connectivity index (χ0v) is 16.9. The summed E-state index contributed by atoms with van der Waals surface area (Å²) in [7, 11) is 1.65. The highest BCUT2D eigenvalue weighted by Gasteiger charge is 2.23. The van der Waals surface area contributed by atoms with E-state index in [1.54, 1.807) is 7.11 Å². The first kappa shape index (κ1) is 20.2. The van der Waals surface area contributed by atoms with Gasteiger partial charge in [-0.05, 0) is 55.5 Å². The van der Waals surface area contributed by atoms with Crippen molar-refractivity contribution in [1.29, 1.82) is 0 Å². The number of aryl methyl sites for hydroxylation is 2. The molecule has 5 heteroatoms. The normalized spacial score (nSPS) is 16.0. The number of ether oxygens (including phenoxy) is 3. The summed E-state index contributed by atoms with van der Waals surface area (Å²) in [6.07, 6.45) is 2.12. The van der Waals surface area contributed by atoms with Gasteiger partial charge in [0.2, 0.25) is 0 Å². The Morgan fingerprint density at radius 2 is 1.93 bits per heavy atom. The number of amides is 1. The predicted molar refractivity (Wildman–Crippen MR) is 109 cm³/mol. The van der Waals surface area contributed by atoms with Crippen LogP contribution in [0.2, 0.25) is 0 Å². The fourth-order valence-electron chi connectivity index (χ4n) is 3.53. The van der Waals surface area contributed by atoms with Crippen molar-refractivity contribution in [3.8, 4) is 11.5 Å². The average molecular weight is 383 g/mol. The summed E-state index contributed by atoms with van der Waals surface area (Å²) in [6, 6.07) is 13.8. The summed E-state index contributed by atoms with van der Waals surface area (Å²) < 4.78 is 17.0. The fraction of sp³-hybridized carbons (Fsp3) is 0.435. The summed E-state index contributed by atoms with van der Waals surface area (Å²) in [5, 5.41) is 0. The van der Waals surface area contributed by atoms with Crippen LogP contribution in [-0.2, 0) is 16.1 Å². The lowest BCUT2D eigenvalue weighted by atomic mass is 10.1. The highest BCUT2D eigenvalue weighted by molar-refractivity contribution is 5.78. The Kier molecular flexibility index (Phi) is 6.93. The molecule has 2 aromatic carbocycles. The van der Waals surface area contributed by atoms with E-state index in [1.807, 2.05) is 61.2 Å². The summed E-state index contributed by atoms with van der Waals surface area (Å²) in [5.41, 5.74) is 3.09. The molecule has 1 aliphatic heterocycles. The Balaban J connectivity index is 1.70. The number of para-hydroxylation sites is 1. The molecule has 5 nitrogen and oxygen atoms in total. The molecular weight excluding hydrogens is 354 g/mol. The first-order valence-electron chi connectivity index (χ1n) is 9.78. The van der Waals surface area contributed by atoms with E-state index in [-0.39, 0.29) is 18.6 Å². The lowest BCUT2D eigenvalue weighted by molar-refractivity contribution is -0.135. The van der Waals surface area contributed by atoms with Gasteiger partial charge in [0.15, 0.2) is 6.61 Å². The van der Waals surface area contributed by atoms with Crippen molar-refractivity contribution >= 4 is 5.91 Å². The smallest absolute Gasteiger partial charge is 0.260 e. The number of methoxy groups -OCH3 is 1. The minimum atomic E-state index is -0.0408. The van der Waals surface area contributed by atoms with Crippen LogP contribution in [0.1, 0.15) is 29.5 Å². The van der Waals surface area contributed by atoms with E-state index < -0.39 is 0 Å². The highest BCUT2D eigenvalue weighted by atomic mass is 16.5. The molecule has 0 aliphatic carbocycles. The maximum Gasteiger partial charge on any atom is 0.260 e. The van der Waals surface area contributed by atoms with Gasteiger partial charge in [0.1, 0.15) is 11.5 Å². The number of hydrogen-bond donors (Lipinski definition) is 0. The van der Waals surface area contributed by atoms with Gasteiger partial charge in [-0.25, -0.2) is 0 Å². The number of carbonyl (C=O) groups is 1. The lowest BCUT2D eigenvalue weighted by Crippen LogP contribution is -2.39. The molecule has 1 aliphatic rings. The van der Waals surface area contributed by atoms with Crippen LogP contribution in [0.15, 0.2) is 42.5 Å². The summed E-state index contributed by atoms with van der Waals surface area (Å²) >= 11 is 0. The van der Waals surface area contributed by atoms with Crippen molar-refractivity contribution in [3.63, 3.8) is 0 Å². The van der Waals surface area contributed by atoms with Gasteiger partial charge in [0.05, 0.1) is 13.2 Å². The molecule has 0 saturated carbocycles. The van der Waals surface area contributed by atoms with Gasteiger partial charge < -0.3 is 19.1 Å². The number of nitrogens with zero attached hydrogens (tertiary/aromatic N) is 1. The second-order valence-corrected chi connectivity index (χ2v) is 7.27. The second kappa shape index (κ2) is 9.60. The molecule has 3 rings (SSSR count). The van der Waals surface area contributed by atoms with Crippen molar-refractivity contribution in [2.75, 3.05) is 26.9 Å². The predicted octanol–water partition coefficient (Wildman–Crippen LogP) is 3.90. The van der Waals surface area contributed by atoms with E-state index in [2.05, 4.69) is 0 Å². The Hall–Kier alpha value is -2.53. The third kappa shape index (κ3) is 5.26. The van der Waals surface area contributed by atoms with Gasteiger partial charge in [-0.1, -0.05) is 30.3 Å². The van der Waals surface area contributed by atoms with Crippen LogP contribution in [0.3, 0.4) is 0 Å². The average Bonchev–Trinajstić information content (AvgIpc) is 3.20. The summed E-state index contributed by atoms with van der Waals surface area (Å²) in [4.78, 5) is 14.8. The number of benzene rings is 2. The summed E-state index contributed by atoms with van der Waals surface area (Å²) in [6.45, 7) is 5.85. The molecule has 1 fully saturated rings. The molecular formula is C23H29NO4. The van der Waals surface area contributed by atoms with Gasteiger partial charge in [-0.15, -0.1) is 0 Å². The van der Waals surface area contributed by atoms with Crippen molar-refractivity contribution in [2.45, 2.75) is 39.3 Å². The van der Waals surface area contributed by atoms with Crippen molar-refractivity contribution in [3.05, 3.63) is 59.2 Å². The molecule has 1 unspecified atom stereocenters. The maximum absolute atomic E-state index is 13.0.